The van der Waals surface area contributed by atoms with Gasteiger partial charge in [0.05, 0.1) is 6.33 Å². The van der Waals surface area contributed by atoms with Crippen LogP contribution in [0.5, 0.6) is 5.75 Å². The maximum Gasteiger partial charge on any atom is 0.165 e. The largest absolute Gasteiger partial charge is 0.485 e. The van der Waals surface area contributed by atoms with Gasteiger partial charge in [-0.1, -0.05) is 24.3 Å². The molecule has 2 N–H and O–H groups in total. The maximum atomic E-state index is 14.3. The van der Waals surface area contributed by atoms with Gasteiger partial charge >= 0.3 is 0 Å². The lowest BCUT2D eigenvalue weighted by Gasteiger charge is -2.08. The number of rotatable bonds is 4. The van der Waals surface area contributed by atoms with E-state index in [2.05, 4.69) is 17.1 Å². The standard InChI is InChI=1S/C19H18FN3O/c20-18-9-15(7-16-8-17(10-21)24-19(16)18)14-3-1-13(2-4-14)11-23-6-5-22-12-23/h1-7,9,12,17H,8,10-11,21H2/t17-/m0/s1. The zero-order valence-corrected chi connectivity index (χ0v) is 13.2. The van der Waals surface area contributed by atoms with E-state index in [0.29, 0.717) is 18.7 Å². The van der Waals surface area contributed by atoms with Gasteiger partial charge in [0, 0.05) is 37.5 Å². The second kappa shape index (κ2) is 6.09. The smallest absolute Gasteiger partial charge is 0.165 e. The van der Waals surface area contributed by atoms with E-state index < -0.39 is 0 Å². The van der Waals surface area contributed by atoms with Gasteiger partial charge in [0.2, 0.25) is 0 Å². The van der Waals surface area contributed by atoms with Crippen molar-refractivity contribution in [2.75, 3.05) is 6.54 Å². The summed E-state index contributed by atoms with van der Waals surface area (Å²) < 4.78 is 21.9. The molecule has 1 aliphatic heterocycles. The molecular weight excluding hydrogens is 305 g/mol. The minimum atomic E-state index is -0.319. The first-order valence-electron chi connectivity index (χ1n) is 7.97. The molecule has 0 unspecified atom stereocenters. The molecule has 3 aromatic rings. The Kier molecular flexibility index (Phi) is 3.78. The number of aromatic nitrogens is 2. The lowest BCUT2D eigenvalue weighted by molar-refractivity contribution is 0.232. The third-order valence-electron chi connectivity index (χ3n) is 4.33. The van der Waals surface area contributed by atoms with E-state index >= 15 is 0 Å². The molecule has 1 aliphatic rings. The minimum Gasteiger partial charge on any atom is -0.485 e. The summed E-state index contributed by atoms with van der Waals surface area (Å²) in [5, 5.41) is 0. The number of imidazole rings is 1. The molecule has 4 rings (SSSR count). The van der Waals surface area contributed by atoms with Gasteiger partial charge in [-0.15, -0.1) is 0 Å². The number of benzene rings is 2. The first kappa shape index (κ1) is 14.9. The molecule has 24 heavy (non-hydrogen) atoms. The summed E-state index contributed by atoms with van der Waals surface area (Å²) in [6.45, 7) is 1.16. The van der Waals surface area contributed by atoms with Crippen molar-refractivity contribution in [1.29, 1.82) is 0 Å². The summed E-state index contributed by atoms with van der Waals surface area (Å²) in [6.07, 6.45) is 6.02. The van der Waals surface area contributed by atoms with Crippen LogP contribution in [0.25, 0.3) is 11.1 Å². The van der Waals surface area contributed by atoms with Crippen LogP contribution in [0, 0.1) is 5.82 Å². The van der Waals surface area contributed by atoms with Crippen molar-refractivity contribution >= 4 is 0 Å². The fourth-order valence-corrected chi connectivity index (χ4v) is 3.08. The molecule has 0 saturated carbocycles. The van der Waals surface area contributed by atoms with Crippen LogP contribution >= 0.6 is 0 Å². The van der Waals surface area contributed by atoms with E-state index in [0.717, 1.165) is 23.2 Å². The summed E-state index contributed by atoms with van der Waals surface area (Å²) >= 11 is 0. The van der Waals surface area contributed by atoms with E-state index in [-0.39, 0.29) is 11.9 Å². The SMILES string of the molecule is NC[C@@H]1Cc2cc(-c3ccc(Cn4ccnc4)cc3)cc(F)c2O1. The first-order chi connectivity index (χ1) is 11.7. The monoisotopic (exact) mass is 323 g/mol. The Morgan fingerprint density at radius 1 is 1.21 bits per heavy atom. The van der Waals surface area contributed by atoms with Gasteiger partial charge in [-0.2, -0.15) is 0 Å². The van der Waals surface area contributed by atoms with Gasteiger partial charge in [0.1, 0.15) is 6.10 Å². The van der Waals surface area contributed by atoms with E-state index in [9.17, 15) is 4.39 Å². The van der Waals surface area contributed by atoms with Gasteiger partial charge in [0.25, 0.3) is 0 Å². The molecule has 122 valence electrons. The molecule has 2 aromatic carbocycles. The Morgan fingerprint density at radius 3 is 2.75 bits per heavy atom. The van der Waals surface area contributed by atoms with Crippen LogP contribution in [-0.2, 0) is 13.0 Å². The van der Waals surface area contributed by atoms with Gasteiger partial charge < -0.3 is 15.0 Å². The van der Waals surface area contributed by atoms with Crippen LogP contribution in [0.15, 0.2) is 55.1 Å². The van der Waals surface area contributed by atoms with Crippen LogP contribution in [-0.4, -0.2) is 22.2 Å². The highest BCUT2D eigenvalue weighted by Crippen LogP contribution is 2.35. The van der Waals surface area contributed by atoms with Crippen LogP contribution in [0.1, 0.15) is 11.1 Å². The second-order valence-corrected chi connectivity index (χ2v) is 6.06. The van der Waals surface area contributed by atoms with Gasteiger partial charge in [-0.3, -0.25) is 0 Å². The summed E-state index contributed by atoms with van der Waals surface area (Å²) in [4.78, 5) is 4.04. The van der Waals surface area contributed by atoms with Gasteiger partial charge in [0.15, 0.2) is 11.6 Å². The van der Waals surface area contributed by atoms with E-state index in [4.69, 9.17) is 10.5 Å². The second-order valence-electron chi connectivity index (χ2n) is 6.06. The molecule has 0 saturated heterocycles. The molecule has 2 heterocycles. The number of nitrogens with zero attached hydrogens (tertiary/aromatic N) is 2. The average Bonchev–Trinajstić information content (AvgIpc) is 3.24. The highest BCUT2D eigenvalue weighted by molar-refractivity contribution is 5.67. The summed E-state index contributed by atoms with van der Waals surface area (Å²) in [6, 6.07) is 11.7. The molecule has 4 nitrogen and oxygen atoms in total. The molecule has 0 bridgehead atoms. The quantitative estimate of drug-likeness (QED) is 0.803. The zero-order chi connectivity index (χ0) is 16.5. The van der Waals surface area contributed by atoms with Crippen molar-refractivity contribution in [3.8, 4) is 16.9 Å². The number of halogens is 1. The molecule has 1 atom stereocenters. The third kappa shape index (κ3) is 2.78. The van der Waals surface area contributed by atoms with Gasteiger partial charge in [-0.05, 0) is 28.8 Å². The van der Waals surface area contributed by atoms with E-state index in [1.165, 1.54) is 11.6 Å². The van der Waals surface area contributed by atoms with Crippen molar-refractivity contribution in [3.63, 3.8) is 0 Å². The maximum absolute atomic E-state index is 14.3. The van der Waals surface area contributed by atoms with Crippen molar-refractivity contribution in [2.45, 2.75) is 19.1 Å². The van der Waals surface area contributed by atoms with Crippen LogP contribution < -0.4 is 10.5 Å². The summed E-state index contributed by atoms with van der Waals surface area (Å²) in [7, 11) is 0. The Balaban J connectivity index is 1.59. The zero-order valence-electron chi connectivity index (χ0n) is 13.2. The predicted molar refractivity (Wildman–Crippen MR) is 90.3 cm³/mol. The Morgan fingerprint density at radius 2 is 2.04 bits per heavy atom. The lowest BCUT2D eigenvalue weighted by Crippen LogP contribution is -2.24. The molecule has 5 heteroatoms. The molecule has 0 radical (unpaired) electrons. The third-order valence-corrected chi connectivity index (χ3v) is 4.33. The van der Waals surface area contributed by atoms with Crippen molar-refractivity contribution < 1.29 is 9.13 Å². The molecular formula is C19H18FN3O. The highest BCUT2D eigenvalue weighted by atomic mass is 19.1. The Bertz CT molecular complexity index is 844. The molecule has 0 fully saturated rings. The number of nitrogens with two attached hydrogens (primary N) is 1. The Labute approximate surface area is 139 Å². The average molecular weight is 323 g/mol. The molecule has 0 aliphatic carbocycles. The first-order valence-corrected chi connectivity index (χ1v) is 7.97. The Hall–Kier alpha value is -2.66. The number of ether oxygens (including phenoxy) is 1. The molecule has 1 aromatic heterocycles. The summed E-state index contributed by atoms with van der Waals surface area (Å²) in [5.74, 6) is 0.0341. The van der Waals surface area contributed by atoms with Crippen LogP contribution in [0.4, 0.5) is 4.39 Å². The van der Waals surface area contributed by atoms with Crippen LogP contribution in [0.3, 0.4) is 0 Å². The van der Waals surface area contributed by atoms with Crippen molar-refractivity contribution in [1.82, 2.24) is 9.55 Å². The van der Waals surface area contributed by atoms with Crippen LogP contribution in [0.2, 0.25) is 0 Å². The normalized spacial score (nSPS) is 16.0. The number of fused-ring (bicyclic) bond motifs is 1. The fourth-order valence-electron chi connectivity index (χ4n) is 3.08. The number of hydrogen-bond acceptors (Lipinski definition) is 3. The molecule has 0 amide bonds. The highest BCUT2D eigenvalue weighted by Gasteiger charge is 2.25. The lowest BCUT2D eigenvalue weighted by atomic mass is 9.99. The number of hydrogen-bond donors (Lipinski definition) is 1. The van der Waals surface area contributed by atoms with E-state index in [1.54, 1.807) is 12.5 Å². The minimum absolute atomic E-state index is 0.123. The fraction of sp³-hybridized carbons (Fsp3) is 0.211. The predicted octanol–water partition coefficient (Wildman–Crippen LogP) is 3.00. The molecule has 0 spiro atoms. The van der Waals surface area contributed by atoms with Crippen molar-refractivity contribution in [3.05, 3.63) is 72.1 Å². The van der Waals surface area contributed by atoms with Gasteiger partial charge in [-0.25, -0.2) is 9.37 Å². The topological polar surface area (TPSA) is 53.1 Å². The van der Waals surface area contributed by atoms with E-state index in [1.807, 2.05) is 29.0 Å². The summed E-state index contributed by atoms with van der Waals surface area (Å²) in [5.41, 5.74) is 9.54. The van der Waals surface area contributed by atoms with Crippen molar-refractivity contribution in [2.24, 2.45) is 5.73 Å².